The second-order valence-corrected chi connectivity index (χ2v) is 4.76. The summed E-state index contributed by atoms with van der Waals surface area (Å²) < 4.78 is 9.58. The Kier molecular flexibility index (Phi) is 5.44. The number of halogens is 2. The first-order valence-corrected chi connectivity index (χ1v) is 6.18. The van der Waals surface area contributed by atoms with Gasteiger partial charge in [0, 0.05) is 0 Å². The van der Waals surface area contributed by atoms with Crippen molar-refractivity contribution in [3.05, 3.63) is 27.7 Å². The Labute approximate surface area is 120 Å². The van der Waals surface area contributed by atoms with Crippen molar-refractivity contribution < 1.29 is 19.1 Å². The molecule has 0 saturated carbocycles. The second kappa shape index (κ2) is 6.63. The average molecular weight is 306 g/mol. The minimum atomic E-state index is -0.731. The first kappa shape index (κ1) is 15.6. The Morgan fingerprint density at radius 1 is 1.32 bits per heavy atom. The van der Waals surface area contributed by atoms with Crippen molar-refractivity contribution in [2.45, 2.75) is 20.0 Å². The first-order chi connectivity index (χ1) is 8.81. The summed E-state index contributed by atoms with van der Waals surface area (Å²) in [5.41, 5.74) is 5.84. The van der Waals surface area contributed by atoms with Gasteiger partial charge < -0.3 is 15.2 Å². The zero-order valence-corrected chi connectivity index (χ0v) is 11.9. The summed E-state index contributed by atoms with van der Waals surface area (Å²) in [6, 6.07) is 2.64. The highest BCUT2D eigenvalue weighted by Gasteiger charge is 2.15. The van der Waals surface area contributed by atoms with E-state index in [9.17, 15) is 9.59 Å². The number of carbonyl (C=O) groups excluding carboxylic acids is 2. The van der Waals surface area contributed by atoms with Gasteiger partial charge in [-0.3, -0.25) is 0 Å². The van der Waals surface area contributed by atoms with Gasteiger partial charge in [0.05, 0.1) is 27.4 Å². The van der Waals surface area contributed by atoms with Crippen molar-refractivity contribution in [2.75, 3.05) is 12.3 Å². The van der Waals surface area contributed by atoms with Gasteiger partial charge in [-0.2, -0.15) is 0 Å². The van der Waals surface area contributed by atoms with Gasteiger partial charge in [-0.15, -0.1) is 0 Å². The number of benzene rings is 1. The van der Waals surface area contributed by atoms with Crippen LogP contribution in [0.2, 0.25) is 10.0 Å². The van der Waals surface area contributed by atoms with Crippen LogP contribution in [-0.4, -0.2) is 24.6 Å². The van der Waals surface area contributed by atoms with Crippen LogP contribution in [0.1, 0.15) is 24.2 Å². The van der Waals surface area contributed by atoms with E-state index in [0.29, 0.717) is 0 Å². The fourth-order valence-electron chi connectivity index (χ4n) is 1.23. The molecule has 1 aromatic rings. The van der Waals surface area contributed by atoms with Gasteiger partial charge in [0.15, 0.2) is 6.61 Å². The van der Waals surface area contributed by atoms with Gasteiger partial charge in [-0.1, -0.05) is 23.2 Å². The molecule has 19 heavy (non-hydrogen) atoms. The molecular formula is C12H13Cl2NO4. The van der Waals surface area contributed by atoms with E-state index in [0.717, 1.165) is 0 Å². The number of carbonyl (C=O) groups is 2. The largest absolute Gasteiger partial charge is 0.460 e. The van der Waals surface area contributed by atoms with Crippen molar-refractivity contribution >= 4 is 40.8 Å². The van der Waals surface area contributed by atoms with Crippen LogP contribution < -0.4 is 5.73 Å². The average Bonchev–Trinajstić information content (AvgIpc) is 2.31. The predicted molar refractivity (Wildman–Crippen MR) is 72.4 cm³/mol. The van der Waals surface area contributed by atoms with Crippen LogP contribution >= 0.6 is 23.2 Å². The number of ether oxygens (including phenoxy) is 2. The zero-order valence-electron chi connectivity index (χ0n) is 10.4. The monoisotopic (exact) mass is 305 g/mol. The molecule has 0 aliphatic rings. The van der Waals surface area contributed by atoms with Gasteiger partial charge in [-0.05, 0) is 26.0 Å². The molecular weight excluding hydrogens is 293 g/mol. The highest BCUT2D eigenvalue weighted by molar-refractivity contribution is 6.43. The van der Waals surface area contributed by atoms with Crippen molar-refractivity contribution in [3.8, 4) is 0 Å². The van der Waals surface area contributed by atoms with E-state index in [1.165, 1.54) is 12.1 Å². The van der Waals surface area contributed by atoms with E-state index in [1.54, 1.807) is 13.8 Å². The maximum atomic E-state index is 11.7. The lowest BCUT2D eigenvalue weighted by molar-refractivity contribution is -0.150. The summed E-state index contributed by atoms with van der Waals surface area (Å²) in [7, 11) is 0. The number of hydrogen-bond acceptors (Lipinski definition) is 5. The van der Waals surface area contributed by atoms with E-state index < -0.39 is 18.5 Å². The molecule has 0 fully saturated rings. The van der Waals surface area contributed by atoms with E-state index in [-0.39, 0.29) is 27.4 Å². The Balaban J connectivity index is 2.67. The molecule has 0 aliphatic carbocycles. The number of rotatable bonds is 4. The highest BCUT2D eigenvalue weighted by Crippen LogP contribution is 2.29. The minimum absolute atomic E-state index is 0.115. The molecule has 0 bridgehead atoms. The summed E-state index contributed by atoms with van der Waals surface area (Å²) in [6.07, 6.45) is -0.271. The molecule has 0 heterocycles. The van der Waals surface area contributed by atoms with Gasteiger partial charge >= 0.3 is 11.9 Å². The summed E-state index contributed by atoms with van der Waals surface area (Å²) in [4.78, 5) is 22.9. The van der Waals surface area contributed by atoms with E-state index in [4.69, 9.17) is 38.4 Å². The molecule has 0 radical (unpaired) electrons. The van der Waals surface area contributed by atoms with Crippen LogP contribution in [0, 0.1) is 0 Å². The lowest BCUT2D eigenvalue weighted by Gasteiger charge is -2.09. The number of anilines is 1. The van der Waals surface area contributed by atoms with Crippen LogP contribution in [0.4, 0.5) is 5.69 Å². The number of nitrogens with two attached hydrogens (primary N) is 1. The first-order valence-electron chi connectivity index (χ1n) is 5.42. The molecule has 104 valence electrons. The quantitative estimate of drug-likeness (QED) is 0.683. The molecule has 2 N–H and O–H groups in total. The number of nitrogen functional groups attached to an aromatic ring is 1. The van der Waals surface area contributed by atoms with Crippen molar-refractivity contribution in [1.82, 2.24) is 0 Å². The molecule has 0 aromatic heterocycles. The Bertz CT molecular complexity index is 479. The van der Waals surface area contributed by atoms with Gasteiger partial charge in [0.25, 0.3) is 0 Å². The Hall–Kier alpha value is -1.46. The van der Waals surface area contributed by atoms with Crippen LogP contribution in [-0.2, 0) is 14.3 Å². The fourth-order valence-corrected chi connectivity index (χ4v) is 1.57. The topological polar surface area (TPSA) is 78.6 Å². The fraction of sp³-hybridized carbons (Fsp3) is 0.333. The molecule has 1 rings (SSSR count). The number of esters is 2. The van der Waals surface area contributed by atoms with Gasteiger partial charge in [0.1, 0.15) is 0 Å². The smallest absolute Gasteiger partial charge is 0.344 e. The second-order valence-electron chi connectivity index (χ2n) is 3.98. The molecule has 1 aromatic carbocycles. The molecule has 0 amide bonds. The van der Waals surface area contributed by atoms with Crippen LogP contribution in [0.3, 0.4) is 0 Å². The molecule has 0 saturated heterocycles. The van der Waals surface area contributed by atoms with Crippen LogP contribution in [0.15, 0.2) is 12.1 Å². The predicted octanol–water partition coefficient (Wildman–Crippen LogP) is 2.68. The standard InChI is InChI=1S/C12H13Cl2NO4/c1-6(2)19-10(16)5-18-12(17)7-3-8(13)11(14)9(15)4-7/h3-4,6H,5,15H2,1-2H3. The summed E-state index contributed by atoms with van der Waals surface area (Å²) in [5.74, 6) is -1.36. The molecule has 7 heteroatoms. The van der Waals surface area contributed by atoms with Crippen LogP contribution in [0.25, 0.3) is 0 Å². The molecule has 0 aliphatic heterocycles. The van der Waals surface area contributed by atoms with Crippen molar-refractivity contribution in [1.29, 1.82) is 0 Å². The third kappa shape index (κ3) is 4.61. The SMILES string of the molecule is CC(C)OC(=O)COC(=O)c1cc(N)c(Cl)c(Cl)c1. The highest BCUT2D eigenvalue weighted by atomic mass is 35.5. The Morgan fingerprint density at radius 2 is 1.95 bits per heavy atom. The third-order valence-electron chi connectivity index (χ3n) is 1.98. The third-order valence-corrected chi connectivity index (χ3v) is 2.80. The zero-order chi connectivity index (χ0) is 14.6. The van der Waals surface area contributed by atoms with E-state index in [1.807, 2.05) is 0 Å². The number of hydrogen-bond donors (Lipinski definition) is 1. The summed E-state index contributed by atoms with van der Waals surface area (Å²) in [5, 5.41) is 0.302. The van der Waals surface area contributed by atoms with E-state index in [2.05, 4.69) is 0 Å². The van der Waals surface area contributed by atoms with Crippen molar-refractivity contribution in [2.24, 2.45) is 0 Å². The molecule has 5 nitrogen and oxygen atoms in total. The summed E-state index contributed by atoms with van der Waals surface area (Å²) >= 11 is 11.5. The summed E-state index contributed by atoms with van der Waals surface area (Å²) in [6.45, 7) is 2.91. The van der Waals surface area contributed by atoms with Crippen LogP contribution in [0.5, 0.6) is 0 Å². The maximum Gasteiger partial charge on any atom is 0.344 e. The maximum absolute atomic E-state index is 11.7. The van der Waals surface area contributed by atoms with Gasteiger partial charge in [-0.25, -0.2) is 9.59 Å². The normalized spacial score (nSPS) is 10.4. The molecule has 0 unspecified atom stereocenters. The molecule has 0 atom stereocenters. The molecule has 0 spiro atoms. The lowest BCUT2D eigenvalue weighted by Crippen LogP contribution is -2.19. The van der Waals surface area contributed by atoms with Crippen molar-refractivity contribution in [3.63, 3.8) is 0 Å². The minimum Gasteiger partial charge on any atom is -0.460 e. The van der Waals surface area contributed by atoms with Gasteiger partial charge in [0.2, 0.25) is 0 Å². The Morgan fingerprint density at radius 3 is 2.47 bits per heavy atom. The lowest BCUT2D eigenvalue weighted by atomic mass is 10.2. The van der Waals surface area contributed by atoms with E-state index >= 15 is 0 Å².